The highest BCUT2D eigenvalue weighted by molar-refractivity contribution is 7.15. The zero-order valence-corrected chi connectivity index (χ0v) is 14.4. The van der Waals surface area contributed by atoms with Gasteiger partial charge in [0.25, 0.3) is 0 Å². The summed E-state index contributed by atoms with van der Waals surface area (Å²) in [7, 11) is 0. The fourth-order valence-electron chi connectivity index (χ4n) is 2.97. The maximum atomic E-state index is 4.63. The summed E-state index contributed by atoms with van der Waals surface area (Å²) < 4.78 is 0. The Morgan fingerprint density at radius 1 is 1.40 bits per heavy atom. The first kappa shape index (κ1) is 15.8. The molecule has 1 unspecified atom stereocenters. The third kappa shape index (κ3) is 3.73. The molecule has 1 aliphatic rings. The van der Waals surface area contributed by atoms with Gasteiger partial charge in [-0.2, -0.15) is 0 Å². The van der Waals surface area contributed by atoms with E-state index in [0.717, 1.165) is 25.6 Å². The Bertz CT molecular complexity index is 414. The third-order valence-corrected chi connectivity index (χ3v) is 5.68. The first-order valence-electron chi connectivity index (χ1n) is 7.86. The monoisotopic (exact) mass is 295 g/mol. The highest BCUT2D eigenvalue weighted by atomic mass is 32.1. The average molecular weight is 295 g/mol. The molecule has 2 heterocycles. The molecule has 1 N–H and O–H groups in total. The lowest BCUT2D eigenvalue weighted by molar-refractivity contribution is 0.199. The van der Waals surface area contributed by atoms with E-state index in [0.29, 0.717) is 11.5 Å². The van der Waals surface area contributed by atoms with Crippen LogP contribution in [0.2, 0.25) is 0 Å². The van der Waals surface area contributed by atoms with Gasteiger partial charge in [-0.15, -0.1) is 11.3 Å². The number of nitrogens with zero attached hydrogens (tertiary/aromatic N) is 2. The maximum Gasteiger partial charge on any atom is 0.185 e. The molecule has 1 aromatic heterocycles. The summed E-state index contributed by atoms with van der Waals surface area (Å²) in [6.45, 7) is 14.8. The second-order valence-electron chi connectivity index (χ2n) is 6.95. The fourth-order valence-corrected chi connectivity index (χ4v) is 3.96. The molecular weight excluding hydrogens is 266 g/mol. The van der Waals surface area contributed by atoms with E-state index in [1.54, 1.807) is 0 Å². The average Bonchev–Trinajstić information content (AvgIpc) is 2.88. The summed E-state index contributed by atoms with van der Waals surface area (Å²) in [5, 5.41) is 4.66. The summed E-state index contributed by atoms with van der Waals surface area (Å²) in [5.41, 5.74) is 0.444. The van der Waals surface area contributed by atoms with Crippen LogP contribution < -0.4 is 10.2 Å². The van der Waals surface area contributed by atoms with Crippen molar-refractivity contribution in [2.75, 3.05) is 24.5 Å². The van der Waals surface area contributed by atoms with Crippen molar-refractivity contribution in [3.05, 3.63) is 11.1 Å². The van der Waals surface area contributed by atoms with E-state index in [4.69, 9.17) is 0 Å². The molecule has 0 radical (unpaired) electrons. The third-order valence-electron chi connectivity index (χ3n) is 4.44. The van der Waals surface area contributed by atoms with Crippen molar-refractivity contribution in [3.63, 3.8) is 0 Å². The Labute approximate surface area is 127 Å². The molecule has 4 heteroatoms. The molecule has 1 fully saturated rings. The molecule has 2 rings (SSSR count). The SMILES string of the molecule is CCNC(C)c1cnc(N2CCC(C(C)(C)C)CC2)s1. The fraction of sp³-hybridized carbons (Fsp3) is 0.812. The van der Waals surface area contributed by atoms with E-state index in [1.165, 1.54) is 22.9 Å². The Hall–Kier alpha value is -0.610. The van der Waals surface area contributed by atoms with Gasteiger partial charge in [0.2, 0.25) is 0 Å². The predicted octanol–water partition coefficient (Wildman–Crippen LogP) is 4.08. The van der Waals surface area contributed by atoms with Crippen molar-refractivity contribution in [3.8, 4) is 0 Å². The summed E-state index contributed by atoms with van der Waals surface area (Å²) in [6.07, 6.45) is 4.63. The second-order valence-corrected chi connectivity index (χ2v) is 7.99. The molecule has 114 valence electrons. The van der Waals surface area contributed by atoms with E-state index in [-0.39, 0.29) is 0 Å². The van der Waals surface area contributed by atoms with Crippen LogP contribution in [0.15, 0.2) is 6.20 Å². The first-order chi connectivity index (χ1) is 9.41. The van der Waals surface area contributed by atoms with Gasteiger partial charge in [-0.3, -0.25) is 0 Å². The number of nitrogens with one attached hydrogen (secondary N) is 1. The standard InChI is InChI=1S/C16H29N3S/c1-6-17-12(2)14-11-18-15(20-14)19-9-7-13(8-10-19)16(3,4)5/h11-13,17H,6-10H2,1-5H3. The van der Waals surface area contributed by atoms with Gasteiger partial charge in [-0.25, -0.2) is 4.98 Å². The van der Waals surface area contributed by atoms with Gasteiger partial charge >= 0.3 is 0 Å². The van der Waals surface area contributed by atoms with Gasteiger partial charge in [0.1, 0.15) is 0 Å². The molecule has 0 spiro atoms. The molecule has 1 saturated heterocycles. The molecule has 20 heavy (non-hydrogen) atoms. The minimum absolute atomic E-state index is 0.415. The summed E-state index contributed by atoms with van der Waals surface area (Å²) >= 11 is 1.85. The predicted molar refractivity (Wildman–Crippen MR) is 88.6 cm³/mol. The van der Waals surface area contributed by atoms with Crippen LogP contribution in [0.3, 0.4) is 0 Å². The highest BCUT2D eigenvalue weighted by Gasteiger charge is 2.29. The van der Waals surface area contributed by atoms with Crippen LogP contribution >= 0.6 is 11.3 Å². The summed E-state index contributed by atoms with van der Waals surface area (Å²) in [4.78, 5) is 8.45. The van der Waals surface area contributed by atoms with E-state index < -0.39 is 0 Å². The van der Waals surface area contributed by atoms with Crippen LogP contribution in [0.5, 0.6) is 0 Å². The van der Waals surface area contributed by atoms with Crippen LogP contribution in [0.25, 0.3) is 0 Å². The minimum Gasteiger partial charge on any atom is -0.348 e. The number of hydrogen-bond donors (Lipinski definition) is 1. The Morgan fingerprint density at radius 2 is 2.05 bits per heavy atom. The molecule has 1 aliphatic heterocycles. The topological polar surface area (TPSA) is 28.2 Å². The molecule has 0 amide bonds. The van der Waals surface area contributed by atoms with E-state index >= 15 is 0 Å². The molecule has 0 aliphatic carbocycles. The normalized spacial score (nSPS) is 19.4. The van der Waals surface area contributed by atoms with Gasteiger partial charge in [0.15, 0.2) is 5.13 Å². The van der Waals surface area contributed by atoms with Gasteiger partial charge < -0.3 is 10.2 Å². The minimum atomic E-state index is 0.415. The zero-order chi connectivity index (χ0) is 14.8. The van der Waals surface area contributed by atoms with E-state index in [2.05, 4.69) is 49.8 Å². The van der Waals surface area contributed by atoms with E-state index in [1.807, 2.05) is 17.5 Å². The Kier molecular flexibility index (Phi) is 5.08. The smallest absolute Gasteiger partial charge is 0.185 e. The summed E-state index contributed by atoms with van der Waals surface area (Å²) in [6, 6.07) is 0.415. The van der Waals surface area contributed by atoms with E-state index in [9.17, 15) is 0 Å². The largest absolute Gasteiger partial charge is 0.348 e. The Balaban J connectivity index is 1.94. The van der Waals surface area contributed by atoms with Gasteiger partial charge in [0.05, 0.1) is 0 Å². The van der Waals surface area contributed by atoms with Crippen molar-refractivity contribution < 1.29 is 0 Å². The molecule has 0 aromatic carbocycles. The quantitative estimate of drug-likeness (QED) is 0.907. The second kappa shape index (κ2) is 6.44. The number of hydrogen-bond acceptors (Lipinski definition) is 4. The van der Waals surface area contributed by atoms with Crippen LogP contribution in [0, 0.1) is 11.3 Å². The molecule has 3 nitrogen and oxygen atoms in total. The van der Waals surface area contributed by atoms with Crippen LogP contribution in [0.4, 0.5) is 5.13 Å². The van der Waals surface area contributed by atoms with Crippen LogP contribution in [-0.4, -0.2) is 24.6 Å². The summed E-state index contributed by atoms with van der Waals surface area (Å²) in [5.74, 6) is 0.846. The van der Waals surface area contributed by atoms with Gasteiger partial charge in [0, 0.05) is 30.2 Å². The molecule has 0 bridgehead atoms. The maximum absolute atomic E-state index is 4.63. The number of thiazole rings is 1. The number of rotatable bonds is 4. The Morgan fingerprint density at radius 3 is 2.60 bits per heavy atom. The molecule has 0 saturated carbocycles. The first-order valence-corrected chi connectivity index (χ1v) is 8.67. The van der Waals surface area contributed by atoms with Crippen molar-refractivity contribution in [2.45, 2.75) is 53.5 Å². The van der Waals surface area contributed by atoms with Crippen molar-refractivity contribution in [1.29, 1.82) is 0 Å². The molecule has 1 aromatic rings. The van der Waals surface area contributed by atoms with Crippen molar-refractivity contribution in [1.82, 2.24) is 10.3 Å². The van der Waals surface area contributed by atoms with Crippen molar-refractivity contribution in [2.24, 2.45) is 11.3 Å². The van der Waals surface area contributed by atoms with Crippen LogP contribution in [0.1, 0.15) is 58.4 Å². The van der Waals surface area contributed by atoms with Gasteiger partial charge in [-0.1, -0.05) is 27.7 Å². The lowest BCUT2D eigenvalue weighted by atomic mass is 9.75. The van der Waals surface area contributed by atoms with Crippen LogP contribution in [-0.2, 0) is 0 Å². The molecule has 1 atom stereocenters. The number of anilines is 1. The lowest BCUT2D eigenvalue weighted by Crippen LogP contribution is -2.37. The highest BCUT2D eigenvalue weighted by Crippen LogP contribution is 2.36. The lowest BCUT2D eigenvalue weighted by Gasteiger charge is -2.38. The number of piperidine rings is 1. The van der Waals surface area contributed by atoms with Gasteiger partial charge in [-0.05, 0) is 37.6 Å². The number of aromatic nitrogens is 1. The zero-order valence-electron chi connectivity index (χ0n) is 13.6. The van der Waals surface area contributed by atoms with Crippen molar-refractivity contribution >= 4 is 16.5 Å². The molecular formula is C16H29N3S.